The molecule has 11 nitrogen and oxygen atoms in total. The van der Waals surface area contributed by atoms with Crippen LogP contribution in [0.5, 0.6) is 0 Å². The second-order valence-electron chi connectivity index (χ2n) is 16.2. The third kappa shape index (κ3) is 14.1. The smallest absolute Gasteiger partial charge is 0.395 e. The van der Waals surface area contributed by atoms with Crippen LogP contribution < -0.4 is 0 Å². The predicted molar refractivity (Wildman–Crippen MR) is 253 cm³/mol. The van der Waals surface area contributed by atoms with Gasteiger partial charge in [-0.15, -0.1) is 6.10 Å². The van der Waals surface area contributed by atoms with Crippen molar-refractivity contribution in [3.05, 3.63) is 221 Å². The number of rotatable bonds is 23. The normalized spacial score (nSPS) is 23.5. The van der Waals surface area contributed by atoms with E-state index in [4.69, 9.17) is 37.3 Å². The van der Waals surface area contributed by atoms with Gasteiger partial charge in [0.25, 0.3) is 0 Å². The van der Waals surface area contributed by atoms with E-state index in [1.807, 2.05) is 182 Å². The molecule has 8 atom stereocenters. The molecule has 6 aromatic rings. The standard InChI is InChI=1S/C53H56O11S2/c54-66(55,56)64-50-47(63-53(62-36-45-29-17-6-18-30-45)52(61-35-44-27-15-5-16-28-44)51(50)60-34-43-25-13-4-14-26-43)39-65-38-46(58-32-41-21-9-2-10-22-41)49(59-33-42-23-11-3-12-24-42)48(65)37-57-31-40-19-7-1-8-20-40/h1-30,46-50,52-53H,31-39H2,(H,54,55,56)/t46-,47-,48-,49+,50+,52-,53-,65?/m1/s1. The van der Waals surface area contributed by atoms with Crippen LogP contribution in [-0.2, 0) is 98.3 Å². The third-order valence-electron chi connectivity index (χ3n) is 11.4. The van der Waals surface area contributed by atoms with Crippen molar-refractivity contribution in [2.75, 3.05) is 18.1 Å². The van der Waals surface area contributed by atoms with Crippen molar-refractivity contribution in [2.24, 2.45) is 0 Å². The van der Waals surface area contributed by atoms with Crippen molar-refractivity contribution >= 4 is 21.3 Å². The number of hydrogen-bond donors (Lipinski definition) is 1. The van der Waals surface area contributed by atoms with Crippen molar-refractivity contribution in [1.82, 2.24) is 0 Å². The van der Waals surface area contributed by atoms with Gasteiger partial charge in [-0.25, -0.2) is 0 Å². The van der Waals surface area contributed by atoms with Crippen LogP contribution >= 0.6 is 0 Å². The number of ether oxygens (including phenoxy) is 7. The third-order valence-corrected chi connectivity index (χ3v) is 14.6. The van der Waals surface area contributed by atoms with Crippen molar-refractivity contribution in [2.45, 2.75) is 81.7 Å². The Morgan fingerprint density at radius 3 is 1.44 bits per heavy atom. The molecule has 6 aromatic carbocycles. The van der Waals surface area contributed by atoms with E-state index in [-0.39, 0.29) is 43.0 Å². The summed E-state index contributed by atoms with van der Waals surface area (Å²) < 4.78 is 88.9. The van der Waals surface area contributed by atoms with Crippen LogP contribution in [-0.4, -0.2) is 73.1 Å². The molecule has 66 heavy (non-hydrogen) atoms. The molecule has 8 rings (SSSR count). The molecule has 0 spiro atoms. The summed E-state index contributed by atoms with van der Waals surface area (Å²) in [5.41, 5.74) is 5.66. The van der Waals surface area contributed by atoms with Gasteiger partial charge >= 0.3 is 10.4 Å². The molecule has 2 aliphatic rings. The van der Waals surface area contributed by atoms with Gasteiger partial charge in [0.2, 0.25) is 0 Å². The Bertz CT molecular complexity index is 2400. The van der Waals surface area contributed by atoms with Crippen LogP contribution in [0.3, 0.4) is 0 Å². The van der Waals surface area contributed by atoms with Gasteiger partial charge in [-0.1, -0.05) is 182 Å². The van der Waals surface area contributed by atoms with E-state index in [0.717, 1.165) is 33.4 Å². The molecule has 0 aromatic heterocycles. The van der Waals surface area contributed by atoms with Gasteiger partial charge in [0, 0.05) is 29.7 Å². The maximum atomic E-state index is 12.9. The van der Waals surface area contributed by atoms with Gasteiger partial charge in [0.1, 0.15) is 29.8 Å². The zero-order valence-corrected chi connectivity index (χ0v) is 38.2. The highest BCUT2D eigenvalue weighted by Crippen LogP contribution is 2.40. The van der Waals surface area contributed by atoms with Gasteiger partial charge in [-0.05, 0) is 33.4 Å². The monoisotopic (exact) mass is 932 g/mol. The zero-order valence-electron chi connectivity index (χ0n) is 36.6. The van der Waals surface area contributed by atoms with E-state index >= 15 is 0 Å². The summed E-state index contributed by atoms with van der Waals surface area (Å²) >= 11 is 0. The molecule has 0 saturated carbocycles. The van der Waals surface area contributed by atoms with Gasteiger partial charge in [0.15, 0.2) is 11.5 Å². The number of hydrogen-bond acceptors (Lipinski definition) is 10. The molecular formula is C53H56O11S2. The van der Waals surface area contributed by atoms with E-state index < -0.39 is 52.0 Å². The Morgan fingerprint density at radius 1 is 0.530 bits per heavy atom. The lowest BCUT2D eigenvalue weighted by Crippen LogP contribution is -2.59. The van der Waals surface area contributed by atoms with Gasteiger partial charge < -0.3 is 33.2 Å². The highest BCUT2D eigenvalue weighted by molar-refractivity contribution is 7.97. The second kappa shape index (κ2) is 24.3. The van der Waals surface area contributed by atoms with Crippen LogP contribution in [0.1, 0.15) is 33.4 Å². The van der Waals surface area contributed by atoms with Crippen LogP contribution in [0.25, 0.3) is 0 Å². The minimum atomic E-state index is -5.08. The average Bonchev–Trinajstić information content (AvgIpc) is 3.67. The lowest BCUT2D eigenvalue weighted by atomic mass is 9.99. The van der Waals surface area contributed by atoms with Crippen molar-refractivity contribution in [3.63, 3.8) is 0 Å². The Kier molecular flexibility index (Phi) is 17.6. The molecule has 0 aliphatic carbocycles. The van der Waals surface area contributed by atoms with E-state index in [1.165, 1.54) is 0 Å². The summed E-state index contributed by atoms with van der Waals surface area (Å²) in [4.78, 5) is 0. The van der Waals surface area contributed by atoms with Crippen LogP contribution in [0, 0.1) is 6.10 Å². The van der Waals surface area contributed by atoms with Crippen molar-refractivity contribution < 1.29 is 50.3 Å². The molecule has 0 radical (unpaired) electrons. The lowest BCUT2D eigenvalue weighted by Gasteiger charge is -2.54. The molecule has 346 valence electrons. The Balaban J connectivity index is 1.14. The zero-order chi connectivity index (χ0) is 45.4. The largest absolute Gasteiger partial charge is 0.540 e. The minimum Gasteiger partial charge on any atom is -0.540 e. The van der Waals surface area contributed by atoms with Gasteiger partial charge in [0.05, 0.1) is 39.6 Å². The summed E-state index contributed by atoms with van der Waals surface area (Å²) in [7, 11) is -5.70. The highest BCUT2D eigenvalue weighted by atomic mass is 32.3. The Labute approximate surface area is 391 Å². The van der Waals surface area contributed by atoms with Crippen LogP contribution in [0.4, 0.5) is 0 Å². The second-order valence-corrected chi connectivity index (χ2v) is 19.6. The first-order chi connectivity index (χ1) is 32.3. The topological polar surface area (TPSA) is 128 Å². The molecule has 2 fully saturated rings. The fraction of sp³-hybridized carbons (Fsp3) is 0.302. The van der Waals surface area contributed by atoms with Gasteiger partial charge in [-0.2, -0.15) is 8.42 Å². The molecular weight excluding hydrogens is 877 g/mol. The van der Waals surface area contributed by atoms with Gasteiger partial charge in [-0.3, -0.25) is 8.74 Å². The molecule has 2 heterocycles. The molecule has 2 saturated heterocycles. The lowest BCUT2D eigenvalue weighted by molar-refractivity contribution is -0.283. The molecule has 0 bridgehead atoms. The summed E-state index contributed by atoms with van der Waals surface area (Å²) in [5.74, 6) is 0.804. The average molecular weight is 933 g/mol. The first kappa shape index (κ1) is 47.7. The molecule has 1 N–H and O–H groups in total. The van der Waals surface area contributed by atoms with Crippen LogP contribution in [0.15, 0.2) is 182 Å². The quantitative estimate of drug-likeness (QED) is 0.0376. The van der Waals surface area contributed by atoms with Crippen molar-refractivity contribution in [1.29, 1.82) is 0 Å². The van der Waals surface area contributed by atoms with E-state index in [1.54, 1.807) is 0 Å². The maximum absolute atomic E-state index is 12.9. The maximum Gasteiger partial charge on any atom is 0.395 e. The molecule has 0 amide bonds. The Hall–Kier alpha value is -4.74. The highest BCUT2D eigenvalue weighted by Gasteiger charge is 2.55. The predicted octanol–water partition coefficient (Wildman–Crippen LogP) is 8.84. The first-order valence-electron chi connectivity index (χ1n) is 22.1. The van der Waals surface area contributed by atoms with Crippen molar-refractivity contribution in [3.8, 4) is 0 Å². The molecule has 1 unspecified atom stereocenters. The fourth-order valence-electron chi connectivity index (χ4n) is 8.09. The first-order valence-corrected chi connectivity index (χ1v) is 25.1. The van der Waals surface area contributed by atoms with E-state index in [9.17, 15) is 13.0 Å². The Morgan fingerprint density at radius 2 is 0.955 bits per heavy atom. The minimum absolute atomic E-state index is 0.0529. The van der Waals surface area contributed by atoms with Crippen LogP contribution in [0.2, 0.25) is 0 Å². The van der Waals surface area contributed by atoms with E-state index in [2.05, 4.69) is 0 Å². The molecule has 2 aliphatic heterocycles. The fourth-order valence-corrected chi connectivity index (χ4v) is 11.5. The molecule has 13 heteroatoms. The SMILES string of the molecule is O=S(=O)(O)O[C@@H]1[C-](OCc2ccccc2)[C@@H](OCc2ccccc2)[C@H](OCc2ccccc2)O[C@@H]1C[S+]1C[C@@H](OCc2ccccc2)[C@H](OCc2ccccc2)[C@H]1COCc1ccccc1. The summed E-state index contributed by atoms with van der Waals surface area (Å²) in [6.07, 6.45) is -5.28. The van der Waals surface area contributed by atoms with E-state index in [0.29, 0.717) is 32.2 Å². The summed E-state index contributed by atoms with van der Waals surface area (Å²) in [6.45, 7) is 1.73. The number of benzene rings is 6. The summed E-state index contributed by atoms with van der Waals surface area (Å²) in [6, 6.07) is 58.8. The summed E-state index contributed by atoms with van der Waals surface area (Å²) in [5, 5.41) is -0.224.